The summed E-state index contributed by atoms with van der Waals surface area (Å²) in [6.45, 7) is 11.4. The molecule has 0 aromatic carbocycles. The molecule has 26 heavy (non-hydrogen) atoms. The van der Waals surface area contributed by atoms with E-state index in [1.165, 1.54) is 25.9 Å². The van der Waals surface area contributed by atoms with E-state index in [1.807, 2.05) is 0 Å². The van der Waals surface area contributed by atoms with E-state index in [4.69, 9.17) is 0 Å². The molecule has 2 heterocycles. The molecule has 0 spiro atoms. The number of amides is 1. The molecule has 1 amide bonds. The van der Waals surface area contributed by atoms with Crippen molar-refractivity contribution in [3.05, 3.63) is 0 Å². The standard InChI is InChI=1S/C18H36N6O.HI/c1-15(2)22-8-6-16(7-9-22)23-10-12-24(13-11-23)18(19-3)20-14-17(25)21(4)5;/h15-16H,6-14H2,1-5H3,(H,19,20);1H. The number of guanidine groups is 1. The maximum absolute atomic E-state index is 11.8. The second-order valence-electron chi connectivity index (χ2n) is 7.57. The molecule has 0 atom stereocenters. The molecule has 2 aliphatic rings. The van der Waals surface area contributed by atoms with Gasteiger partial charge in [-0.05, 0) is 39.8 Å². The van der Waals surface area contributed by atoms with Crippen molar-refractivity contribution >= 4 is 35.8 Å². The van der Waals surface area contributed by atoms with Crippen molar-refractivity contribution < 1.29 is 4.79 Å². The third-order valence-corrected chi connectivity index (χ3v) is 5.47. The summed E-state index contributed by atoms with van der Waals surface area (Å²) >= 11 is 0. The normalized spacial score (nSPS) is 20.8. The van der Waals surface area contributed by atoms with Gasteiger partial charge in [0.05, 0.1) is 6.54 Å². The van der Waals surface area contributed by atoms with Gasteiger partial charge >= 0.3 is 0 Å². The summed E-state index contributed by atoms with van der Waals surface area (Å²) in [6, 6.07) is 1.39. The van der Waals surface area contributed by atoms with Crippen molar-refractivity contribution in [2.75, 3.05) is 67.0 Å². The first kappa shape index (κ1) is 23.4. The van der Waals surface area contributed by atoms with Gasteiger partial charge in [0.15, 0.2) is 5.96 Å². The number of likely N-dealkylation sites (N-methyl/N-ethyl adjacent to an activating group) is 1. The fourth-order valence-electron chi connectivity index (χ4n) is 3.71. The number of carbonyl (C=O) groups is 1. The molecule has 0 saturated carbocycles. The van der Waals surface area contributed by atoms with Crippen LogP contribution >= 0.6 is 24.0 Å². The molecule has 1 N–H and O–H groups in total. The average Bonchev–Trinajstić information content (AvgIpc) is 2.62. The first-order valence-electron chi connectivity index (χ1n) is 9.56. The van der Waals surface area contributed by atoms with Crippen LogP contribution in [-0.4, -0.2) is 111 Å². The lowest BCUT2D eigenvalue weighted by molar-refractivity contribution is -0.127. The predicted octanol–water partition coefficient (Wildman–Crippen LogP) is 0.758. The van der Waals surface area contributed by atoms with Gasteiger partial charge in [-0.1, -0.05) is 0 Å². The lowest BCUT2D eigenvalue weighted by Crippen LogP contribution is -2.57. The van der Waals surface area contributed by atoms with Crippen LogP contribution in [0.3, 0.4) is 0 Å². The number of aliphatic imine (C=N–C) groups is 1. The molecule has 7 nitrogen and oxygen atoms in total. The Morgan fingerprint density at radius 2 is 1.69 bits per heavy atom. The summed E-state index contributed by atoms with van der Waals surface area (Å²) < 4.78 is 0. The first-order chi connectivity index (χ1) is 11.9. The predicted molar refractivity (Wildman–Crippen MR) is 118 cm³/mol. The van der Waals surface area contributed by atoms with Crippen LogP contribution in [0.5, 0.6) is 0 Å². The molecule has 0 aromatic heterocycles. The Labute approximate surface area is 176 Å². The van der Waals surface area contributed by atoms with Crippen LogP contribution in [0, 0.1) is 0 Å². The van der Waals surface area contributed by atoms with Crippen molar-refractivity contribution in [2.45, 2.75) is 38.8 Å². The third kappa shape index (κ3) is 6.53. The highest BCUT2D eigenvalue weighted by Gasteiger charge is 2.28. The Bertz CT molecular complexity index is 455. The van der Waals surface area contributed by atoms with Gasteiger partial charge < -0.3 is 20.0 Å². The van der Waals surface area contributed by atoms with Crippen molar-refractivity contribution in [2.24, 2.45) is 4.99 Å². The molecule has 152 valence electrons. The molecule has 0 aliphatic carbocycles. The Balaban J connectivity index is 0.00000338. The largest absolute Gasteiger partial charge is 0.347 e. The lowest BCUT2D eigenvalue weighted by Gasteiger charge is -2.44. The number of likely N-dealkylation sites (tertiary alicyclic amines) is 1. The highest BCUT2D eigenvalue weighted by Crippen LogP contribution is 2.19. The number of carbonyl (C=O) groups excluding carboxylic acids is 1. The van der Waals surface area contributed by atoms with E-state index in [2.05, 4.69) is 38.9 Å². The molecule has 0 unspecified atom stereocenters. The van der Waals surface area contributed by atoms with E-state index in [9.17, 15) is 4.79 Å². The van der Waals surface area contributed by atoms with E-state index in [0.717, 1.165) is 38.2 Å². The van der Waals surface area contributed by atoms with Gasteiger partial charge in [0.1, 0.15) is 0 Å². The highest BCUT2D eigenvalue weighted by molar-refractivity contribution is 14.0. The SMILES string of the molecule is CN=C(NCC(=O)N(C)C)N1CCN(C2CCN(C(C)C)CC2)CC1.I. The van der Waals surface area contributed by atoms with Crippen molar-refractivity contribution in [3.63, 3.8) is 0 Å². The minimum atomic E-state index is 0. The van der Waals surface area contributed by atoms with Crippen LogP contribution in [0.2, 0.25) is 0 Å². The summed E-state index contributed by atoms with van der Waals surface area (Å²) in [4.78, 5) is 25.2. The van der Waals surface area contributed by atoms with Crippen LogP contribution in [0.1, 0.15) is 26.7 Å². The van der Waals surface area contributed by atoms with Crippen LogP contribution in [-0.2, 0) is 4.79 Å². The van der Waals surface area contributed by atoms with Gasteiger partial charge in [-0.3, -0.25) is 14.7 Å². The number of nitrogens with zero attached hydrogens (tertiary/aromatic N) is 5. The molecule has 0 bridgehead atoms. The highest BCUT2D eigenvalue weighted by atomic mass is 127. The van der Waals surface area contributed by atoms with E-state index >= 15 is 0 Å². The lowest BCUT2D eigenvalue weighted by atomic mass is 10.0. The summed E-state index contributed by atoms with van der Waals surface area (Å²) in [7, 11) is 5.34. The van der Waals surface area contributed by atoms with Crippen LogP contribution in [0.25, 0.3) is 0 Å². The molecule has 0 aromatic rings. The minimum Gasteiger partial charge on any atom is -0.347 e. The van der Waals surface area contributed by atoms with Crippen molar-refractivity contribution in [1.29, 1.82) is 0 Å². The van der Waals surface area contributed by atoms with Gasteiger partial charge in [0.2, 0.25) is 5.91 Å². The maximum Gasteiger partial charge on any atom is 0.241 e. The smallest absolute Gasteiger partial charge is 0.241 e. The number of hydrogen-bond acceptors (Lipinski definition) is 4. The van der Waals surface area contributed by atoms with Crippen molar-refractivity contribution in [1.82, 2.24) is 24.9 Å². The summed E-state index contributed by atoms with van der Waals surface area (Å²) in [5, 5.41) is 3.19. The molecular formula is C18H37IN6O. The van der Waals surface area contributed by atoms with Gasteiger partial charge in [-0.2, -0.15) is 0 Å². The molecule has 2 aliphatic heterocycles. The average molecular weight is 480 g/mol. The topological polar surface area (TPSA) is 54.4 Å². The molecule has 2 fully saturated rings. The number of halogens is 1. The second-order valence-corrected chi connectivity index (χ2v) is 7.57. The third-order valence-electron chi connectivity index (χ3n) is 5.47. The molecule has 0 radical (unpaired) electrons. The van der Waals surface area contributed by atoms with Crippen molar-refractivity contribution in [3.8, 4) is 0 Å². The van der Waals surface area contributed by atoms with Gasteiger partial charge in [0.25, 0.3) is 0 Å². The zero-order chi connectivity index (χ0) is 18.4. The van der Waals surface area contributed by atoms with E-state index < -0.39 is 0 Å². The molecule has 2 saturated heterocycles. The fraction of sp³-hybridized carbons (Fsp3) is 0.889. The molecular weight excluding hydrogens is 443 g/mol. The Morgan fingerprint density at radius 3 is 2.15 bits per heavy atom. The monoisotopic (exact) mass is 480 g/mol. The second kappa shape index (κ2) is 11.3. The van der Waals surface area contributed by atoms with Gasteiger partial charge in [-0.15, -0.1) is 24.0 Å². The van der Waals surface area contributed by atoms with E-state index in [-0.39, 0.29) is 29.9 Å². The number of piperazine rings is 1. The van der Waals surface area contributed by atoms with Gasteiger partial charge in [0, 0.05) is 59.4 Å². The first-order valence-corrected chi connectivity index (χ1v) is 9.56. The number of rotatable bonds is 4. The molecule has 8 heteroatoms. The zero-order valence-electron chi connectivity index (χ0n) is 17.1. The fourth-order valence-corrected chi connectivity index (χ4v) is 3.71. The number of hydrogen-bond donors (Lipinski definition) is 1. The van der Waals surface area contributed by atoms with Gasteiger partial charge in [-0.25, -0.2) is 0 Å². The Kier molecular flexibility index (Phi) is 10.2. The van der Waals surface area contributed by atoms with Crippen LogP contribution in [0.4, 0.5) is 0 Å². The summed E-state index contributed by atoms with van der Waals surface area (Å²) in [5.41, 5.74) is 0. The Hall–Kier alpha value is -0.610. The van der Waals surface area contributed by atoms with E-state index in [0.29, 0.717) is 12.6 Å². The summed E-state index contributed by atoms with van der Waals surface area (Å²) in [6.07, 6.45) is 2.56. The minimum absolute atomic E-state index is 0. The summed E-state index contributed by atoms with van der Waals surface area (Å²) in [5.74, 6) is 0.904. The number of piperidine rings is 1. The molecule has 2 rings (SSSR count). The van der Waals surface area contributed by atoms with E-state index in [1.54, 1.807) is 26.0 Å². The van der Waals surface area contributed by atoms with Crippen LogP contribution < -0.4 is 5.32 Å². The van der Waals surface area contributed by atoms with Crippen LogP contribution in [0.15, 0.2) is 4.99 Å². The number of nitrogens with one attached hydrogen (secondary N) is 1. The maximum atomic E-state index is 11.8. The Morgan fingerprint density at radius 1 is 1.12 bits per heavy atom. The quantitative estimate of drug-likeness (QED) is 0.366. The zero-order valence-corrected chi connectivity index (χ0v) is 19.4.